The molecule has 0 bridgehead atoms. The number of nitrogens with one attached hydrogen (secondary N) is 1. The standard InChI is InChI=1S/C16H22N2OS/c1-16(2,3)14-11-20-15(18-14)9-17-13-8-6-5-7-12(13)10-19-4/h5-8,11,17H,9-10H2,1-4H3. The van der Waals surface area contributed by atoms with Gasteiger partial charge < -0.3 is 10.1 Å². The summed E-state index contributed by atoms with van der Waals surface area (Å²) in [5.41, 5.74) is 3.55. The van der Waals surface area contributed by atoms with Gasteiger partial charge in [-0.05, 0) is 6.07 Å². The monoisotopic (exact) mass is 290 g/mol. The normalized spacial score (nSPS) is 11.6. The number of benzene rings is 1. The molecule has 1 heterocycles. The highest BCUT2D eigenvalue weighted by molar-refractivity contribution is 7.09. The van der Waals surface area contributed by atoms with E-state index in [0.717, 1.165) is 22.9 Å². The van der Waals surface area contributed by atoms with E-state index in [4.69, 9.17) is 9.72 Å². The minimum absolute atomic E-state index is 0.114. The average Bonchev–Trinajstić information content (AvgIpc) is 2.87. The first-order valence-corrected chi connectivity index (χ1v) is 7.64. The van der Waals surface area contributed by atoms with Gasteiger partial charge in [-0.15, -0.1) is 11.3 Å². The molecule has 0 aliphatic carbocycles. The van der Waals surface area contributed by atoms with E-state index in [-0.39, 0.29) is 5.41 Å². The highest BCUT2D eigenvalue weighted by Crippen LogP contribution is 2.24. The number of hydrogen-bond acceptors (Lipinski definition) is 4. The van der Waals surface area contributed by atoms with Crippen molar-refractivity contribution in [1.29, 1.82) is 0 Å². The number of hydrogen-bond donors (Lipinski definition) is 1. The summed E-state index contributed by atoms with van der Waals surface area (Å²) in [6.45, 7) is 7.93. The molecular weight excluding hydrogens is 268 g/mol. The van der Waals surface area contributed by atoms with Gasteiger partial charge in [0.15, 0.2) is 0 Å². The summed E-state index contributed by atoms with van der Waals surface area (Å²) in [7, 11) is 1.72. The van der Waals surface area contributed by atoms with Crippen LogP contribution in [0.15, 0.2) is 29.6 Å². The molecule has 0 aliphatic heterocycles. The SMILES string of the molecule is COCc1ccccc1NCc1nc(C(C)(C)C)cs1. The molecule has 2 rings (SSSR count). The van der Waals surface area contributed by atoms with Crippen LogP contribution in [0.4, 0.5) is 5.69 Å². The molecule has 0 unspecified atom stereocenters. The van der Waals surface area contributed by atoms with E-state index in [1.807, 2.05) is 12.1 Å². The summed E-state index contributed by atoms with van der Waals surface area (Å²) < 4.78 is 5.22. The number of anilines is 1. The fraction of sp³-hybridized carbons (Fsp3) is 0.438. The summed E-state index contributed by atoms with van der Waals surface area (Å²) in [6, 6.07) is 8.21. The summed E-state index contributed by atoms with van der Waals surface area (Å²) in [5.74, 6) is 0. The Bertz CT molecular complexity index is 558. The van der Waals surface area contributed by atoms with Crippen LogP contribution in [0.2, 0.25) is 0 Å². The van der Waals surface area contributed by atoms with E-state index in [2.05, 4.69) is 43.6 Å². The quantitative estimate of drug-likeness (QED) is 0.896. The third-order valence-corrected chi connectivity index (χ3v) is 3.92. The second-order valence-electron chi connectivity index (χ2n) is 5.82. The Kier molecular flexibility index (Phi) is 4.78. The van der Waals surface area contributed by atoms with Gasteiger partial charge in [-0.1, -0.05) is 39.0 Å². The number of thiazole rings is 1. The third kappa shape index (κ3) is 3.81. The minimum Gasteiger partial charge on any atom is -0.380 e. The van der Waals surface area contributed by atoms with Gasteiger partial charge in [0.25, 0.3) is 0 Å². The van der Waals surface area contributed by atoms with Gasteiger partial charge in [0, 0.05) is 29.2 Å². The third-order valence-electron chi connectivity index (χ3n) is 3.07. The van der Waals surface area contributed by atoms with Gasteiger partial charge in [-0.2, -0.15) is 0 Å². The number of rotatable bonds is 5. The number of ether oxygens (including phenoxy) is 1. The largest absolute Gasteiger partial charge is 0.380 e. The zero-order valence-electron chi connectivity index (χ0n) is 12.6. The van der Waals surface area contributed by atoms with Gasteiger partial charge in [0.2, 0.25) is 0 Å². The molecule has 3 nitrogen and oxygen atoms in total. The predicted molar refractivity (Wildman–Crippen MR) is 85.3 cm³/mol. The summed E-state index contributed by atoms with van der Waals surface area (Å²) >= 11 is 1.71. The lowest BCUT2D eigenvalue weighted by atomic mass is 9.93. The lowest BCUT2D eigenvalue weighted by Gasteiger charge is -2.14. The average molecular weight is 290 g/mol. The number of aromatic nitrogens is 1. The van der Waals surface area contributed by atoms with Crippen LogP contribution in [0.5, 0.6) is 0 Å². The molecule has 0 aliphatic rings. The maximum atomic E-state index is 5.22. The van der Waals surface area contributed by atoms with Crippen molar-refractivity contribution in [1.82, 2.24) is 4.98 Å². The predicted octanol–water partition coefficient (Wildman–Crippen LogP) is 4.20. The van der Waals surface area contributed by atoms with Crippen LogP contribution in [0.3, 0.4) is 0 Å². The van der Waals surface area contributed by atoms with E-state index in [1.54, 1.807) is 18.4 Å². The number of nitrogens with zero attached hydrogens (tertiary/aromatic N) is 1. The van der Waals surface area contributed by atoms with Crippen LogP contribution >= 0.6 is 11.3 Å². The Morgan fingerprint density at radius 1 is 1.25 bits per heavy atom. The number of para-hydroxylation sites is 1. The van der Waals surface area contributed by atoms with Crippen molar-refractivity contribution >= 4 is 17.0 Å². The van der Waals surface area contributed by atoms with Crippen LogP contribution in [0.1, 0.15) is 37.0 Å². The minimum atomic E-state index is 0.114. The number of methoxy groups -OCH3 is 1. The zero-order valence-corrected chi connectivity index (χ0v) is 13.4. The van der Waals surface area contributed by atoms with Crippen molar-refractivity contribution in [2.45, 2.75) is 39.3 Å². The molecule has 2 aromatic rings. The Hall–Kier alpha value is -1.39. The molecule has 1 aromatic heterocycles. The van der Waals surface area contributed by atoms with Crippen molar-refractivity contribution in [2.24, 2.45) is 0 Å². The van der Waals surface area contributed by atoms with Crippen molar-refractivity contribution in [2.75, 3.05) is 12.4 Å². The van der Waals surface area contributed by atoms with Gasteiger partial charge in [0.05, 0.1) is 18.8 Å². The smallest absolute Gasteiger partial charge is 0.112 e. The van der Waals surface area contributed by atoms with Crippen LogP contribution in [-0.2, 0) is 23.3 Å². The molecule has 4 heteroatoms. The summed E-state index contributed by atoms with van der Waals surface area (Å²) in [4.78, 5) is 4.70. The molecule has 1 N–H and O–H groups in total. The molecule has 1 aromatic carbocycles. The second-order valence-corrected chi connectivity index (χ2v) is 6.76. The van der Waals surface area contributed by atoms with Crippen LogP contribution in [0, 0.1) is 0 Å². The highest BCUT2D eigenvalue weighted by atomic mass is 32.1. The maximum Gasteiger partial charge on any atom is 0.112 e. The molecule has 0 saturated heterocycles. The fourth-order valence-corrected chi connectivity index (χ4v) is 2.84. The lowest BCUT2D eigenvalue weighted by Crippen LogP contribution is -2.12. The lowest BCUT2D eigenvalue weighted by molar-refractivity contribution is 0.185. The fourth-order valence-electron chi connectivity index (χ4n) is 1.88. The van der Waals surface area contributed by atoms with Crippen molar-refractivity contribution in [3.05, 3.63) is 45.9 Å². The summed E-state index contributed by atoms with van der Waals surface area (Å²) in [6.07, 6.45) is 0. The van der Waals surface area contributed by atoms with Gasteiger partial charge in [-0.25, -0.2) is 4.98 Å². The highest BCUT2D eigenvalue weighted by Gasteiger charge is 2.17. The van der Waals surface area contributed by atoms with E-state index in [1.165, 1.54) is 5.56 Å². The molecule has 0 atom stereocenters. The van der Waals surface area contributed by atoms with Crippen molar-refractivity contribution < 1.29 is 4.74 Å². The van der Waals surface area contributed by atoms with Crippen LogP contribution in [-0.4, -0.2) is 12.1 Å². The van der Waals surface area contributed by atoms with E-state index in [9.17, 15) is 0 Å². The first kappa shape index (κ1) is 15.0. The zero-order chi connectivity index (χ0) is 14.6. The molecule has 0 saturated carbocycles. The molecule has 108 valence electrons. The van der Waals surface area contributed by atoms with Gasteiger partial charge in [-0.3, -0.25) is 0 Å². The first-order chi connectivity index (χ1) is 9.50. The van der Waals surface area contributed by atoms with E-state index >= 15 is 0 Å². The van der Waals surface area contributed by atoms with E-state index in [0.29, 0.717) is 6.61 Å². The van der Waals surface area contributed by atoms with Crippen molar-refractivity contribution in [3.63, 3.8) is 0 Å². The Morgan fingerprint density at radius 3 is 2.65 bits per heavy atom. The second kappa shape index (κ2) is 6.37. The summed E-state index contributed by atoms with van der Waals surface area (Å²) in [5, 5.41) is 6.71. The molecule has 0 fully saturated rings. The van der Waals surface area contributed by atoms with Crippen LogP contribution in [0.25, 0.3) is 0 Å². The van der Waals surface area contributed by atoms with E-state index < -0.39 is 0 Å². The molecule has 0 spiro atoms. The first-order valence-electron chi connectivity index (χ1n) is 6.76. The Labute approximate surface area is 125 Å². The van der Waals surface area contributed by atoms with Crippen molar-refractivity contribution in [3.8, 4) is 0 Å². The molecule has 0 radical (unpaired) electrons. The topological polar surface area (TPSA) is 34.1 Å². The maximum absolute atomic E-state index is 5.22. The molecule has 0 amide bonds. The van der Waals surface area contributed by atoms with Crippen LogP contribution < -0.4 is 5.32 Å². The molecule has 20 heavy (non-hydrogen) atoms. The Morgan fingerprint density at radius 2 is 2.00 bits per heavy atom. The van der Waals surface area contributed by atoms with Gasteiger partial charge in [0.1, 0.15) is 5.01 Å². The Balaban J connectivity index is 2.04. The molecular formula is C16H22N2OS. The van der Waals surface area contributed by atoms with Gasteiger partial charge >= 0.3 is 0 Å².